The Balaban J connectivity index is 1.87. The number of methoxy groups -OCH3 is 1. The number of ether oxygens (including phenoxy) is 1. The number of nitrogens with zero attached hydrogens (tertiary/aromatic N) is 1. The second kappa shape index (κ2) is 7.32. The molecule has 0 fully saturated rings. The number of nitrogens with one attached hydrogen (secondary N) is 2. The molecule has 0 radical (unpaired) electrons. The number of anilines is 1. The summed E-state index contributed by atoms with van der Waals surface area (Å²) in [7, 11) is 1.40. The Hall–Kier alpha value is -3.26. The Morgan fingerprint density at radius 1 is 1.31 bits per heavy atom. The van der Waals surface area contributed by atoms with Crippen molar-refractivity contribution < 1.29 is 18.3 Å². The lowest BCUT2D eigenvalue weighted by Crippen LogP contribution is -2.28. The van der Waals surface area contributed by atoms with Crippen LogP contribution in [0.25, 0.3) is 11.1 Å². The molecule has 4 N–H and O–H groups in total. The average Bonchev–Trinajstić information content (AvgIpc) is 3.15. The summed E-state index contributed by atoms with van der Waals surface area (Å²) < 4.78 is 33.0. The van der Waals surface area contributed by atoms with Gasteiger partial charge in [0.25, 0.3) is 0 Å². The van der Waals surface area contributed by atoms with E-state index < -0.39 is 23.6 Å². The van der Waals surface area contributed by atoms with Crippen molar-refractivity contribution in [3.05, 3.63) is 66.0 Å². The van der Waals surface area contributed by atoms with Crippen molar-refractivity contribution in [3.63, 3.8) is 0 Å². The fourth-order valence-electron chi connectivity index (χ4n) is 2.50. The number of hydrogen-bond acceptors (Lipinski definition) is 4. The van der Waals surface area contributed by atoms with Gasteiger partial charge in [0, 0.05) is 23.4 Å². The van der Waals surface area contributed by atoms with Crippen LogP contribution in [0.5, 0.6) is 5.75 Å². The number of nitrogens with two attached hydrogens (primary N) is 1. The van der Waals surface area contributed by atoms with Gasteiger partial charge in [-0.05, 0) is 23.8 Å². The van der Waals surface area contributed by atoms with Gasteiger partial charge in [-0.3, -0.25) is 9.89 Å². The third-order valence-electron chi connectivity index (χ3n) is 3.85. The fourth-order valence-corrected chi connectivity index (χ4v) is 2.50. The molecule has 2 aromatic carbocycles. The maximum absolute atomic E-state index is 14.4. The lowest BCUT2D eigenvalue weighted by atomic mass is 10.1. The fraction of sp³-hybridized carbons (Fsp3) is 0.111. The second-order valence-corrected chi connectivity index (χ2v) is 5.54. The van der Waals surface area contributed by atoms with Crippen LogP contribution >= 0.6 is 0 Å². The Morgan fingerprint density at radius 3 is 2.77 bits per heavy atom. The first-order valence-electron chi connectivity index (χ1n) is 7.68. The van der Waals surface area contributed by atoms with Gasteiger partial charge in [0.1, 0.15) is 23.4 Å². The molecule has 1 heterocycles. The highest BCUT2D eigenvalue weighted by molar-refractivity contribution is 5.97. The predicted molar refractivity (Wildman–Crippen MR) is 92.5 cm³/mol. The smallest absolute Gasteiger partial charge is 0.245 e. The van der Waals surface area contributed by atoms with Crippen LogP contribution in [0, 0.1) is 11.6 Å². The molecule has 0 saturated carbocycles. The van der Waals surface area contributed by atoms with E-state index in [1.807, 2.05) is 0 Å². The number of carbonyl (C=O) groups excluding carboxylic acids is 1. The van der Waals surface area contributed by atoms with Crippen molar-refractivity contribution in [2.75, 3.05) is 12.4 Å². The third-order valence-corrected chi connectivity index (χ3v) is 3.85. The molecule has 6 nitrogen and oxygen atoms in total. The number of amides is 1. The molecular weight excluding hydrogens is 342 g/mol. The summed E-state index contributed by atoms with van der Waals surface area (Å²) in [4.78, 5) is 12.4. The lowest BCUT2D eigenvalue weighted by Gasteiger charge is -2.16. The Morgan fingerprint density at radius 2 is 2.12 bits per heavy atom. The summed E-state index contributed by atoms with van der Waals surface area (Å²) in [5.41, 5.74) is 7.09. The van der Waals surface area contributed by atoms with Crippen molar-refractivity contribution >= 4 is 11.6 Å². The maximum atomic E-state index is 14.4. The molecule has 0 aliphatic rings. The quantitative estimate of drug-likeness (QED) is 0.654. The van der Waals surface area contributed by atoms with Gasteiger partial charge in [0.2, 0.25) is 5.91 Å². The molecule has 0 spiro atoms. The molecule has 1 aromatic heterocycles. The van der Waals surface area contributed by atoms with Crippen LogP contribution in [0.15, 0.2) is 48.8 Å². The second-order valence-electron chi connectivity index (χ2n) is 5.54. The zero-order valence-electron chi connectivity index (χ0n) is 13.8. The molecule has 3 rings (SSSR count). The summed E-state index contributed by atoms with van der Waals surface area (Å²) >= 11 is 0. The van der Waals surface area contributed by atoms with E-state index in [-0.39, 0.29) is 17.0 Å². The highest BCUT2D eigenvalue weighted by Crippen LogP contribution is 2.33. The third kappa shape index (κ3) is 3.55. The van der Waals surface area contributed by atoms with Crippen molar-refractivity contribution in [3.8, 4) is 16.9 Å². The van der Waals surface area contributed by atoms with Crippen LogP contribution in [0.2, 0.25) is 0 Å². The number of carbonyl (C=O) groups is 1. The molecule has 8 heteroatoms. The standard InChI is InChI=1S/C18H16F2N4O2/c1-26-16-6-13(11-8-22-23-9-11)14(20)7-15(16)24-18(25)17(21)10-3-2-4-12(19)5-10/h2-9,17H,21H2,1H3,(H,22,23)(H,24,25). The van der Waals surface area contributed by atoms with Gasteiger partial charge in [0.05, 0.1) is 19.0 Å². The van der Waals surface area contributed by atoms with E-state index in [1.165, 1.54) is 49.8 Å². The normalized spacial score (nSPS) is 11.8. The average molecular weight is 358 g/mol. The minimum Gasteiger partial charge on any atom is -0.495 e. The largest absolute Gasteiger partial charge is 0.495 e. The number of rotatable bonds is 5. The van der Waals surface area contributed by atoms with Gasteiger partial charge >= 0.3 is 0 Å². The van der Waals surface area contributed by atoms with Crippen LogP contribution in [0.3, 0.4) is 0 Å². The molecular formula is C18H16F2N4O2. The highest BCUT2D eigenvalue weighted by atomic mass is 19.1. The zero-order chi connectivity index (χ0) is 18.7. The Kier molecular flexibility index (Phi) is 4.94. The van der Waals surface area contributed by atoms with Gasteiger partial charge in [-0.25, -0.2) is 8.78 Å². The number of halogens is 2. The van der Waals surface area contributed by atoms with Crippen molar-refractivity contribution in [1.82, 2.24) is 10.2 Å². The molecule has 3 aromatic rings. The van der Waals surface area contributed by atoms with Gasteiger partial charge in [-0.15, -0.1) is 0 Å². The monoisotopic (exact) mass is 358 g/mol. The zero-order valence-corrected chi connectivity index (χ0v) is 13.8. The van der Waals surface area contributed by atoms with Gasteiger partial charge < -0.3 is 15.8 Å². The minimum atomic E-state index is -1.12. The number of aromatic amines is 1. The van der Waals surface area contributed by atoms with E-state index in [1.54, 1.807) is 0 Å². The molecule has 0 aliphatic carbocycles. The molecule has 134 valence electrons. The number of benzene rings is 2. The molecule has 0 aliphatic heterocycles. The molecule has 0 saturated heterocycles. The van der Waals surface area contributed by atoms with Gasteiger partial charge in [-0.1, -0.05) is 12.1 Å². The van der Waals surface area contributed by atoms with Crippen LogP contribution in [0.4, 0.5) is 14.5 Å². The summed E-state index contributed by atoms with van der Waals surface area (Å²) in [5, 5.41) is 8.90. The van der Waals surface area contributed by atoms with E-state index in [2.05, 4.69) is 15.5 Å². The Labute approximate surface area is 148 Å². The van der Waals surface area contributed by atoms with Gasteiger partial charge in [0.15, 0.2) is 0 Å². The van der Waals surface area contributed by atoms with Crippen molar-refractivity contribution in [1.29, 1.82) is 0 Å². The van der Waals surface area contributed by atoms with E-state index in [0.717, 1.165) is 6.07 Å². The molecule has 1 atom stereocenters. The summed E-state index contributed by atoms with van der Waals surface area (Å²) in [6.45, 7) is 0. The van der Waals surface area contributed by atoms with E-state index in [4.69, 9.17) is 10.5 Å². The topological polar surface area (TPSA) is 93.0 Å². The van der Waals surface area contributed by atoms with E-state index in [9.17, 15) is 13.6 Å². The lowest BCUT2D eigenvalue weighted by molar-refractivity contribution is -0.117. The summed E-state index contributed by atoms with van der Waals surface area (Å²) in [5.74, 6) is -1.44. The van der Waals surface area contributed by atoms with E-state index >= 15 is 0 Å². The minimum absolute atomic E-state index is 0.120. The first kappa shape index (κ1) is 17.6. The number of H-pyrrole nitrogens is 1. The molecule has 1 unspecified atom stereocenters. The van der Waals surface area contributed by atoms with Gasteiger partial charge in [-0.2, -0.15) is 5.10 Å². The summed E-state index contributed by atoms with van der Waals surface area (Å²) in [6, 6.07) is 6.88. The molecule has 26 heavy (non-hydrogen) atoms. The number of aromatic nitrogens is 2. The first-order chi connectivity index (χ1) is 12.5. The Bertz CT molecular complexity index is 929. The molecule has 1 amide bonds. The van der Waals surface area contributed by atoms with Crippen LogP contribution in [-0.2, 0) is 4.79 Å². The maximum Gasteiger partial charge on any atom is 0.245 e. The molecule has 0 bridgehead atoms. The predicted octanol–water partition coefficient (Wildman–Crippen LogP) is 3.00. The van der Waals surface area contributed by atoms with E-state index in [0.29, 0.717) is 11.1 Å². The SMILES string of the molecule is COc1cc(-c2cn[nH]c2)c(F)cc1NC(=O)C(N)c1cccc(F)c1. The van der Waals surface area contributed by atoms with Crippen LogP contribution in [0.1, 0.15) is 11.6 Å². The van der Waals surface area contributed by atoms with Crippen LogP contribution in [-0.4, -0.2) is 23.2 Å². The van der Waals surface area contributed by atoms with Crippen molar-refractivity contribution in [2.24, 2.45) is 5.73 Å². The summed E-state index contributed by atoms with van der Waals surface area (Å²) in [6.07, 6.45) is 3.01. The number of hydrogen-bond donors (Lipinski definition) is 3. The first-order valence-corrected chi connectivity index (χ1v) is 7.68. The highest BCUT2D eigenvalue weighted by Gasteiger charge is 2.20. The van der Waals surface area contributed by atoms with Crippen LogP contribution < -0.4 is 15.8 Å². The van der Waals surface area contributed by atoms with Crippen molar-refractivity contribution in [2.45, 2.75) is 6.04 Å².